The van der Waals surface area contributed by atoms with Gasteiger partial charge in [0, 0.05) is 19.1 Å². The predicted molar refractivity (Wildman–Crippen MR) is 63.0 cm³/mol. The number of hydrogen-bond acceptors (Lipinski definition) is 3. The van der Waals surface area contributed by atoms with E-state index >= 15 is 0 Å². The van der Waals surface area contributed by atoms with Gasteiger partial charge in [0.2, 0.25) is 0 Å². The Bertz CT molecular complexity index is 325. The van der Waals surface area contributed by atoms with Gasteiger partial charge in [0.25, 0.3) is 10.2 Å². The lowest BCUT2D eigenvalue weighted by atomic mass is 9.96. The fraction of sp³-hybridized carbons (Fsp3) is 1.00. The summed E-state index contributed by atoms with van der Waals surface area (Å²) in [6.07, 6.45) is 4.96. The Morgan fingerprint density at radius 3 is 2.69 bits per heavy atom. The van der Waals surface area contributed by atoms with Crippen LogP contribution in [0.5, 0.6) is 0 Å². The minimum atomic E-state index is -3.23. The third-order valence-corrected chi connectivity index (χ3v) is 4.93. The number of nitrogens with two attached hydrogens (primary N) is 1. The molecule has 1 unspecified atom stereocenters. The molecule has 1 aliphatic heterocycles. The van der Waals surface area contributed by atoms with Crippen LogP contribution in [0.3, 0.4) is 0 Å². The molecular weight excluding hydrogens is 226 g/mol. The zero-order valence-electron chi connectivity index (χ0n) is 9.56. The minimum Gasteiger partial charge on any atom is -0.330 e. The monoisotopic (exact) mass is 247 g/mol. The van der Waals surface area contributed by atoms with Gasteiger partial charge in [-0.1, -0.05) is 0 Å². The second-order valence-corrected chi connectivity index (χ2v) is 6.54. The molecule has 0 aromatic carbocycles. The van der Waals surface area contributed by atoms with Crippen LogP contribution in [0, 0.1) is 5.92 Å². The SMILES string of the molecule is NCCC1CCCN(S(=O)(=O)NC2CC2)C1. The van der Waals surface area contributed by atoms with E-state index in [4.69, 9.17) is 5.73 Å². The van der Waals surface area contributed by atoms with Crippen molar-refractivity contribution in [3.05, 3.63) is 0 Å². The van der Waals surface area contributed by atoms with Crippen LogP contribution in [0.15, 0.2) is 0 Å². The van der Waals surface area contributed by atoms with Gasteiger partial charge in [-0.2, -0.15) is 17.4 Å². The van der Waals surface area contributed by atoms with Gasteiger partial charge < -0.3 is 5.73 Å². The second kappa shape index (κ2) is 5.00. The molecule has 5 nitrogen and oxygen atoms in total. The number of nitrogens with one attached hydrogen (secondary N) is 1. The Kier molecular flexibility index (Phi) is 3.84. The van der Waals surface area contributed by atoms with E-state index in [1.165, 1.54) is 0 Å². The molecular formula is C10H21N3O2S. The molecule has 0 bridgehead atoms. The Balaban J connectivity index is 1.91. The summed E-state index contributed by atoms with van der Waals surface area (Å²) in [5, 5.41) is 0. The number of piperidine rings is 1. The van der Waals surface area contributed by atoms with Gasteiger partial charge in [-0.3, -0.25) is 0 Å². The van der Waals surface area contributed by atoms with Gasteiger partial charge in [0.15, 0.2) is 0 Å². The van der Waals surface area contributed by atoms with Crippen molar-refractivity contribution in [2.24, 2.45) is 11.7 Å². The van der Waals surface area contributed by atoms with E-state index in [0.717, 1.165) is 32.1 Å². The summed E-state index contributed by atoms with van der Waals surface area (Å²) in [5.41, 5.74) is 5.52. The van der Waals surface area contributed by atoms with E-state index in [-0.39, 0.29) is 6.04 Å². The Morgan fingerprint density at radius 2 is 2.06 bits per heavy atom. The summed E-state index contributed by atoms with van der Waals surface area (Å²) >= 11 is 0. The van der Waals surface area contributed by atoms with E-state index in [9.17, 15) is 8.42 Å². The minimum absolute atomic E-state index is 0.194. The smallest absolute Gasteiger partial charge is 0.279 e. The first kappa shape index (κ1) is 12.3. The highest BCUT2D eigenvalue weighted by Gasteiger charge is 2.33. The van der Waals surface area contributed by atoms with Crippen molar-refractivity contribution in [2.45, 2.75) is 38.1 Å². The van der Waals surface area contributed by atoms with Crippen LogP contribution in [0.25, 0.3) is 0 Å². The van der Waals surface area contributed by atoms with Crippen molar-refractivity contribution in [3.8, 4) is 0 Å². The van der Waals surface area contributed by atoms with Crippen LogP contribution in [0.2, 0.25) is 0 Å². The van der Waals surface area contributed by atoms with Gasteiger partial charge in [0.1, 0.15) is 0 Å². The number of rotatable bonds is 5. The first-order chi connectivity index (χ1) is 7.62. The quantitative estimate of drug-likeness (QED) is 0.720. The van der Waals surface area contributed by atoms with Crippen molar-refractivity contribution in [2.75, 3.05) is 19.6 Å². The molecule has 1 atom stereocenters. The molecule has 1 aliphatic carbocycles. The zero-order valence-corrected chi connectivity index (χ0v) is 10.4. The molecule has 2 fully saturated rings. The van der Waals surface area contributed by atoms with Crippen LogP contribution >= 0.6 is 0 Å². The first-order valence-electron chi connectivity index (χ1n) is 6.09. The predicted octanol–water partition coefficient (Wildman–Crippen LogP) is 0.0440. The molecule has 0 aromatic rings. The standard InChI is InChI=1S/C10H21N3O2S/c11-6-5-9-2-1-7-13(8-9)16(14,15)12-10-3-4-10/h9-10,12H,1-8,11H2. The fourth-order valence-electron chi connectivity index (χ4n) is 2.20. The third kappa shape index (κ3) is 3.16. The molecule has 3 N–H and O–H groups in total. The molecule has 0 aromatic heterocycles. The van der Waals surface area contributed by atoms with Gasteiger partial charge >= 0.3 is 0 Å². The maximum Gasteiger partial charge on any atom is 0.279 e. The van der Waals surface area contributed by atoms with E-state index < -0.39 is 10.2 Å². The molecule has 94 valence electrons. The zero-order chi connectivity index (χ0) is 11.6. The summed E-state index contributed by atoms with van der Waals surface area (Å²) in [4.78, 5) is 0. The average Bonchev–Trinajstić information content (AvgIpc) is 3.02. The highest BCUT2D eigenvalue weighted by molar-refractivity contribution is 7.87. The van der Waals surface area contributed by atoms with E-state index in [0.29, 0.717) is 25.6 Å². The highest BCUT2D eigenvalue weighted by atomic mass is 32.2. The van der Waals surface area contributed by atoms with Crippen LogP contribution < -0.4 is 10.5 Å². The largest absolute Gasteiger partial charge is 0.330 e. The Morgan fingerprint density at radius 1 is 1.31 bits per heavy atom. The molecule has 0 radical (unpaired) electrons. The summed E-state index contributed by atoms with van der Waals surface area (Å²) in [6, 6.07) is 0.194. The van der Waals surface area contributed by atoms with Gasteiger partial charge in [0.05, 0.1) is 0 Å². The summed E-state index contributed by atoms with van der Waals surface area (Å²) in [5.74, 6) is 0.439. The second-order valence-electron chi connectivity index (χ2n) is 4.84. The molecule has 6 heteroatoms. The van der Waals surface area contributed by atoms with Gasteiger partial charge in [-0.15, -0.1) is 0 Å². The van der Waals surface area contributed by atoms with E-state index in [1.807, 2.05) is 0 Å². The molecule has 16 heavy (non-hydrogen) atoms. The van der Waals surface area contributed by atoms with E-state index in [2.05, 4.69) is 4.72 Å². The van der Waals surface area contributed by atoms with Gasteiger partial charge in [-0.05, 0) is 44.6 Å². The van der Waals surface area contributed by atoms with Crippen molar-refractivity contribution >= 4 is 10.2 Å². The maximum absolute atomic E-state index is 12.0. The van der Waals surface area contributed by atoms with Crippen LogP contribution in [0.1, 0.15) is 32.1 Å². The molecule has 1 heterocycles. The lowest BCUT2D eigenvalue weighted by molar-refractivity contribution is 0.255. The average molecular weight is 247 g/mol. The Labute approximate surface area is 97.6 Å². The van der Waals surface area contributed by atoms with Crippen molar-refractivity contribution in [1.82, 2.24) is 9.03 Å². The van der Waals surface area contributed by atoms with Crippen molar-refractivity contribution in [3.63, 3.8) is 0 Å². The van der Waals surface area contributed by atoms with Crippen LogP contribution in [-0.2, 0) is 10.2 Å². The van der Waals surface area contributed by atoms with Gasteiger partial charge in [-0.25, -0.2) is 0 Å². The fourth-order valence-corrected chi connectivity index (χ4v) is 3.79. The molecule has 0 spiro atoms. The normalized spacial score (nSPS) is 28.2. The lowest BCUT2D eigenvalue weighted by Crippen LogP contribution is -2.46. The molecule has 1 saturated carbocycles. The van der Waals surface area contributed by atoms with Crippen molar-refractivity contribution < 1.29 is 8.42 Å². The van der Waals surface area contributed by atoms with Crippen LogP contribution in [-0.4, -0.2) is 38.4 Å². The van der Waals surface area contributed by atoms with Crippen molar-refractivity contribution in [1.29, 1.82) is 0 Å². The third-order valence-electron chi connectivity index (χ3n) is 3.29. The summed E-state index contributed by atoms with van der Waals surface area (Å²) < 4.78 is 28.3. The van der Waals surface area contributed by atoms with Crippen LogP contribution in [0.4, 0.5) is 0 Å². The Hall–Kier alpha value is -0.170. The topological polar surface area (TPSA) is 75.4 Å². The lowest BCUT2D eigenvalue weighted by Gasteiger charge is -2.31. The molecule has 1 saturated heterocycles. The molecule has 2 rings (SSSR count). The molecule has 0 amide bonds. The maximum atomic E-state index is 12.0. The number of hydrogen-bond donors (Lipinski definition) is 2. The molecule has 2 aliphatic rings. The highest BCUT2D eigenvalue weighted by Crippen LogP contribution is 2.24. The first-order valence-corrected chi connectivity index (χ1v) is 7.53. The number of nitrogens with zero attached hydrogens (tertiary/aromatic N) is 1. The summed E-state index contributed by atoms with van der Waals surface area (Å²) in [6.45, 7) is 1.94. The van der Waals surface area contributed by atoms with E-state index in [1.54, 1.807) is 4.31 Å². The summed E-state index contributed by atoms with van der Waals surface area (Å²) in [7, 11) is -3.23.